The fraction of sp³-hybridized carbons (Fsp3) is 0. The molecule has 7 aromatic carbocycles. The molecule has 0 fully saturated rings. The molecule has 42 heavy (non-hydrogen) atoms. The van der Waals surface area contributed by atoms with E-state index >= 15 is 0 Å². The summed E-state index contributed by atoms with van der Waals surface area (Å²) >= 11 is 0. The van der Waals surface area contributed by atoms with E-state index in [9.17, 15) is 0 Å². The highest BCUT2D eigenvalue weighted by molar-refractivity contribution is 6.18. The van der Waals surface area contributed by atoms with Crippen molar-refractivity contribution in [3.63, 3.8) is 0 Å². The summed E-state index contributed by atoms with van der Waals surface area (Å²) < 4.78 is 4.77. The van der Waals surface area contributed by atoms with Crippen LogP contribution in [0.3, 0.4) is 0 Å². The molecule has 0 aliphatic heterocycles. The molecular formula is C40H26N2. The van der Waals surface area contributed by atoms with Crippen molar-refractivity contribution in [3.05, 3.63) is 158 Å². The molecule has 0 saturated carbocycles. The van der Waals surface area contributed by atoms with E-state index in [0.29, 0.717) is 0 Å². The number of nitrogens with zero attached hydrogens (tertiary/aromatic N) is 2. The SMILES string of the molecule is c1ccc(-n2ccc3ccc4c5ccccc5n(-c5cccc(-c6ccc7cc8ccccc8cc7c6)c5)c4c32)cc1. The van der Waals surface area contributed by atoms with Gasteiger partial charge in [0.05, 0.1) is 16.6 Å². The first-order valence-corrected chi connectivity index (χ1v) is 14.4. The second-order valence-corrected chi connectivity index (χ2v) is 11.1. The van der Waals surface area contributed by atoms with E-state index in [0.717, 1.165) is 11.4 Å². The smallest absolute Gasteiger partial charge is 0.0788 e. The Morgan fingerprint density at radius 2 is 1.05 bits per heavy atom. The van der Waals surface area contributed by atoms with Crippen molar-refractivity contribution in [2.24, 2.45) is 0 Å². The third kappa shape index (κ3) is 3.45. The third-order valence-electron chi connectivity index (χ3n) is 8.66. The Morgan fingerprint density at radius 3 is 1.93 bits per heavy atom. The van der Waals surface area contributed by atoms with Crippen LogP contribution in [-0.2, 0) is 0 Å². The highest BCUT2D eigenvalue weighted by Gasteiger charge is 2.18. The summed E-state index contributed by atoms with van der Waals surface area (Å²) in [4.78, 5) is 0. The maximum Gasteiger partial charge on any atom is 0.0788 e. The van der Waals surface area contributed by atoms with Gasteiger partial charge in [-0.2, -0.15) is 0 Å². The predicted molar refractivity (Wildman–Crippen MR) is 178 cm³/mol. The zero-order chi connectivity index (χ0) is 27.6. The van der Waals surface area contributed by atoms with Gasteiger partial charge >= 0.3 is 0 Å². The average Bonchev–Trinajstić information content (AvgIpc) is 3.63. The summed E-state index contributed by atoms with van der Waals surface area (Å²) in [6.45, 7) is 0. The van der Waals surface area contributed by atoms with Crippen LogP contribution in [0.4, 0.5) is 0 Å². The highest BCUT2D eigenvalue weighted by atomic mass is 15.0. The van der Waals surface area contributed by atoms with Crippen LogP contribution < -0.4 is 0 Å². The van der Waals surface area contributed by atoms with Gasteiger partial charge in [-0.15, -0.1) is 0 Å². The topological polar surface area (TPSA) is 9.86 Å². The van der Waals surface area contributed by atoms with Gasteiger partial charge in [0.2, 0.25) is 0 Å². The Bertz CT molecular complexity index is 2460. The van der Waals surface area contributed by atoms with E-state index in [1.807, 2.05) is 0 Å². The number of para-hydroxylation sites is 2. The number of aromatic nitrogens is 2. The molecule has 0 bridgehead atoms. The van der Waals surface area contributed by atoms with Gasteiger partial charge < -0.3 is 9.13 Å². The minimum absolute atomic E-state index is 1.16. The largest absolute Gasteiger partial charge is 0.315 e. The zero-order valence-corrected chi connectivity index (χ0v) is 22.9. The summed E-state index contributed by atoms with van der Waals surface area (Å²) in [6.07, 6.45) is 2.19. The molecular weight excluding hydrogens is 508 g/mol. The van der Waals surface area contributed by atoms with E-state index in [1.54, 1.807) is 0 Å². The maximum absolute atomic E-state index is 2.45. The predicted octanol–water partition coefficient (Wildman–Crippen LogP) is 10.7. The van der Waals surface area contributed by atoms with Crippen molar-refractivity contribution in [1.82, 2.24) is 9.13 Å². The molecule has 0 atom stereocenters. The van der Waals surface area contributed by atoms with Gasteiger partial charge in [-0.3, -0.25) is 0 Å². The van der Waals surface area contributed by atoms with Gasteiger partial charge in [-0.1, -0.05) is 97.1 Å². The van der Waals surface area contributed by atoms with Crippen LogP contribution in [0.5, 0.6) is 0 Å². The molecule has 2 nitrogen and oxygen atoms in total. The fourth-order valence-electron chi connectivity index (χ4n) is 6.69. The zero-order valence-electron chi connectivity index (χ0n) is 22.9. The quantitative estimate of drug-likeness (QED) is 0.200. The van der Waals surface area contributed by atoms with Crippen LogP contribution in [-0.4, -0.2) is 9.13 Å². The minimum atomic E-state index is 1.16. The molecule has 2 heterocycles. The van der Waals surface area contributed by atoms with Gasteiger partial charge in [-0.25, -0.2) is 0 Å². The van der Waals surface area contributed by atoms with E-state index < -0.39 is 0 Å². The summed E-state index contributed by atoms with van der Waals surface area (Å²) in [5, 5.41) is 8.82. The van der Waals surface area contributed by atoms with Gasteiger partial charge in [-0.05, 0) is 87.3 Å². The molecule has 2 heteroatoms. The highest BCUT2D eigenvalue weighted by Crippen LogP contribution is 2.38. The summed E-state index contributed by atoms with van der Waals surface area (Å²) in [5.74, 6) is 0. The molecule has 196 valence electrons. The second kappa shape index (κ2) is 8.95. The van der Waals surface area contributed by atoms with E-state index in [1.165, 1.54) is 65.4 Å². The molecule has 2 aromatic heterocycles. The first kappa shape index (κ1) is 23.1. The van der Waals surface area contributed by atoms with Crippen LogP contribution >= 0.6 is 0 Å². The second-order valence-electron chi connectivity index (χ2n) is 11.1. The molecule has 0 saturated heterocycles. The number of rotatable bonds is 3. The first-order chi connectivity index (χ1) is 20.8. The van der Waals surface area contributed by atoms with Gasteiger partial charge in [0.15, 0.2) is 0 Å². The van der Waals surface area contributed by atoms with E-state index in [2.05, 4.69) is 167 Å². The van der Waals surface area contributed by atoms with Crippen molar-refractivity contribution in [1.29, 1.82) is 0 Å². The molecule has 0 aliphatic rings. The first-order valence-electron chi connectivity index (χ1n) is 14.4. The van der Waals surface area contributed by atoms with Crippen LogP contribution in [0, 0.1) is 0 Å². The van der Waals surface area contributed by atoms with Gasteiger partial charge in [0.1, 0.15) is 0 Å². The number of fused-ring (bicyclic) bond motifs is 7. The van der Waals surface area contributed by atoms with Crippen LogP contribution in [0.2, 0.25) is 0 Å². The lowest BCUT2D eigenvalue weighted by atomic mass is 9.98. The third-order valence-corrected chi connectivity index (χ3v) is 8.66. The molecule has 0 amide bonds. The van der Waals surface area contributed by atoms with Crippen molar-refractivity contribution in [2.45, 2.75) is 0 Å². The van der Waals surface area contributed by atoms with Crippen molar-refractivity contribution < 1.29 is 0 Å². The van der Waals surface area contributed by atoms with Gasteiger partial charge in [0.25, 0.3) is 0 Å². The van der Waals surface area contributed by atoms with Crippen molar-refractivity contribution in [2.75, 3.05) is 0 Å². The molecule has 0 unspecified atom stereocenters. The Balaban J connectivity index is 1.30. The molecule has 0 N–H and O–H groups in total. The Labute approximate surface area is 243 Å². The standard InChI is InChI=1S/C40H26N2/c1-2-12-34(13-3-1)41-22-21-27-19-20-37-36-15-6-7-16-38(36)42(40(37)39(27)41)35-14-8-11-30(26-35)31-17-18-32-23-28-9-4-5-10-29(28)24-33(32)25-31/h1-26H. The summed E-state index contributed by atoms with van der Waals surface area (Å²) in [6, 6.07) is 55.1. The molecule has 0 spiro atoms. The number of benzene rings is 7. The van der Waals surface area contributed by atoms with Crippen LogP contribution in [0.15, 0.2) is 158 Å². The van der Waals surface area contributed by atoms with Crippen molar-refractivity contribution >= 4 is 54.3 Å². The van der Waals surface area contributed by atoms with Crippen LogP contribution in [0.1, 0.15) is 0 Å². The van der Waals surface area contributed by atoms with Gasteiger partial charge in [0, 0.05) is 33.7 Å². The molecule has 0 radical (unpaired) electrons. The Morgan fingerprint density at radius 1 is 0.357 bits per heavy atom. The molecule has 0 aliphatic carbocycles. The summed E-state index contributed by atoms with van der Waals surface area (Å²) in [5.41, 5.74) is 8.41. The minimum Gasteiger partial charge on any atom is -0.315 e. The van der Waals surface area contributed by atoms with E-state index in [4.69, 9.17) is 0 Å². The average molecular weight is 535 g/mol. The summed E-state index contributed by atoms with van der Waals surface area (Å²) in [7, 11) is 0. The molecule has 9 rings (SSSR count). The Hall–Kier alpha value is -5.60. The number of hydrogen-bond donors (Lipinski definition) is 0. The maximum atomic E-state index is 2.45. The number of hydrogen-bond acceptors (Lipinski definition) is 0. The van der Waals surface area contributed by atoms with E-state index in [-0.39, 0.29) is 0 Å². The lowest BCUT2D eigenvalue weighted by Gasteiger charge is -2.13. The Kier molecular flexibility index (Phi) is 4.93. The van der Waals surface area contributed by atoms with Crippen LogP contribution in [0.25, 0.3) is 76.8 Å². The normalized spacial score (nSPS) is 11.8. The monoisotopic (exact) mass is 534 g/mol. The lowest BCUT2D eigenvalue weighted by Crippen LogP contribution is -1.98. The lowest BCUT2D eigenvalue weighted by molar-refractivity contribution is 1.12. The fourth-order valence-corrected chi connectivity index (χ4v) is 6.69. The van der Waals surface area contributed by atoms with Crippen molar-refractivity contribution in [3.8, 4) is 22.5 Å². The molecule has 9 aromatic rings.